The van der Waals surface area contributed by atoms with Crippen LogP contribution in [-0.4, -0.2) is 12.2 Å². The van der Waals surface area contributed by atoms with Crippen LogP contribution in [0.2, 0.25) is 0 Å². The van der Waals surface area contributed by atoms with Crippen LogP contribution < -0.4 is 4.74 Å². The van der Waals surface area contributed by atoms with Crippen molar-refractivity contribution in [1.82, 2.24) is 0 Å². The second-order valence-electron chi connectivity index (χ2n) is 5.07. The van der Waals surface area contributed by atoms with Crippen LogP contribution in [0.1, 0.15) is 5.56 Å². The maximum atomic E-state index is 9.88. The van der Waals surface area contributed by atoms with Crippen LogP contribution in [0.25, 0.3) is 11.3 Å². The van der Waals surface area contributed by atoms with Crippen molar-refractivity contribution in [2.24, 2.45) is 10.2 Å². The first-order valence-electron chi connectivity index (χ1n) is 7.11. The van der Waals surface area contributed by atoms with Gasteiger partial charge < -0.3 is 14.3 Å². The number of aromatic hydroxyl groups is 1. The summed E-state index contributed by atoms with van der Waals surface area (Å²) in [5.74, 6) is 1.01. The summed E-state index contributed by atoms with van der Waals surface area (Å²) in [6.07, 6.45) is 0. The average Bonchev–Trinajstić information content (AvgIpc) is 2.94. The highest BCUT2D eigenvalue weighted by atomic mass is 16.5. The van der Waals surface area contributed by atoms with Crippen LogP contribution in [0.3, 0.4) is 0 Å². The zero-order valence-electron chi connectivity index (χ0n) is 12.9. The highest BCUT2D eigenvalue weighted by Gasteiger charge is 2.11. The lowest BCUT2D eigenvalue weighted by atomic mass is 10.1. The summed E-state index contributed by atoms with van der Waals surface area (Å²) in [5, 5.41) is 18.1. The van der Waals surface area contributed by atoms with E-state index in [-0.39, 0.29) is 11.6 Å². The number of furan rings is 1. The SMILES string of the molecule is COc1ccc(-c2cc(N=Nc3cccc(C)c3)c(O)o2)cc1. The molecule has 0 saturated heterocycles. The number of rotatable bonds is 4. The zero-order valence-corrected chi connectivity index (χ0v) is 12.9. The van der Waals surface area contributed by atoms with Crippen molar-refractivity contribution in [3.05, 3.63) is 60.2 Å². The number of nitrogens with zero attached hydrogens (tertiary/aromatic N) is 2. The van der Waals surface area contributed by atoms with Crippen LogP contribution in [0.15, 0.2) is 69.2 Å². The summed E-state index contributed by atoms with van der Waals surface area (Å²) in [6, 6.07) is 16.6. The molecule has 5 nitrogen and oxygen atoms in total. The van der Waals surface area contributed by atoms with E-state index in [1.807, 2.05) is 55.5 Å². The van der Waals surface area contributed by atoms with Gasteiger partial charge in [0.1, 0.15) is 11.5 Å². The van der Waals surface area contributed by atoms with Gasteiger partial charge in [-0.25, -0.2) is 0 Å². The number of azo groups is 1. The summed E-state index contributed by atoms with van der Waals surface area (Å²) in [5.41, 5.74) is 2.92. The highest BCUT2D eigenvalue weighted by molar-refractivity contribution is 5.65. The van der Waals surface area contributed by atoms with Gasteiger partial charge in [0, 0.05) is 11.6 Å². The quantitative estimate of drug-likeness (QED) is 0.657. The third-order valence-corrected chi connectivity index (χ3v) is 3.34. The molecule has 1 heterocycles. The largest absolute Gasteiger partial charge is 0.497 e. The van der Waals surface area contributed by atoms with E-state index < -0.39 is 0 Å². The van der Waals surface area contributed by atoms with Gasteiger partial charge >= 0.3 is 5.95 Å². The normalized spacial score (nSPS) is 11.0. The molecule has 1 aromatic heterocycles. The van der Waals surface area contributed by atoms with Crippen LogP contribution >= 0.6 is 0 Å². The molecule has 116 valence electrons. The number of methoxy groups -OCH3 is 1. The third-order valence-electron chi connectivity index (χ3n) is 3.34. The molecule has 0 spiro atoms. The Bertz CT molecular complexity index is 836. The Morgan fingerprint density at radius 2 is 1.78 bits per heavy atom. The van der Waals surface area contributed by atoms with E-state index >= 15 is 0 Å². The summed E-state index contributed by atoms with van der Waals surface area (Å²) in [7, 11) is 1.61. The first-order valence-corrected chi connectivity index (χ1v) is 7.11. The Hall–Kier alpha value is -3.08. The van der Waals surface area contributed by atoms with E-state index in [0.717, 1.165) is 22.6 Å². The lowest BCUT2D eigenvalue weighted by molar-refractivity contribution is 0.339. The van der Waals surface area contributed by atoms with Gasteiger partial charge in [-0.05, 0) is 48.9 Å². The van der Waals surface area contributed by atoms with Crippen molar-refractivity contribution in [2.45, 2.75) is 6.92 Å². The number of benzene rings is 2. The van der Waals surface area contributed by atoms with E-state index in [9.17, 15) is 5.11 Å². The molecule has 1 N–H and O–H groups in total. The Kier molecular flexibility index (Phi) is 4.10. The standard InChI is InChI=1S/C18H16N2O3/c1-12-4-3-5-14(10-12)19-20-16-11-17(23-18(16)21)13-6-8-15(22-2)9-7-13/h3-11,21H,1-2H3. The molecule has 3 rings (SSSR count). The molecule has 5 heteroatoms. The zero-order chi connectivity index (χ0) is 16.2. The first-order chi connectivity index (χ1) is 11.2. The lowest BCUT2D eigenvalue weighted by Gasteiger charge is -1.99. The van der Waals surface area contributed by atoms with E-state index in [2.05, 4.69) is 10.2 Å². The molecule has 3 aromatic rings. The predicted octanol–water partition coefficient (Wildman–Crippen LogP) is 5.38. The summed E-state index contributed by atoms with van der Waals surface area (Å²) in [4.78, 5) is 0. The predicted molar refractivity (Wildman–Crippen MR) is 87.7 cm³/mol. The van der Waals surface area contributed by atoms with Crippen molar-refractivity contribution in [3.8, 4) is 23.0 Å². The van der Waals surface area contributed by atoms with E-state index in [4.69, 9.17) is 9.15 Å². The van der Waals surface area contributed by atoms with Crippen molar-refractivity contribution < 1.29 is 14.3 Å². The molecule has 0 fully saturated rings. The molecule has 0 saturated carbocycles. The highest BCUT2D eigenvalue weighted by Crippen LogP contribution is 2.37. The minimum Gasteiger partial charge on any atom is -0.497 e. The monoisotopic (exact) mass is 308 g/mol. The van der Waals surface area contributed by atoms with Crippen molar-refractivity contribution in [1.29, 1.82) is 0 Å². The fraction of sp³-hybridized carbons (Fsp3) is 0.111. The lowest BCUT2D eigenvalue weighted by Crippen LogP contribution is -1.81. The smallest absolute Gasteiger partial charge is 0.311 e. The van der Waals surface area contributed by atoms with Crippen LogP contribution in [0.5, 0.6) is 11.7 Å². The summed E-state index contributed by atoms with van der Waals surface area (Å²) >= 11 is 0. The molecule has 2 aromatic carbocycles. The van der Waals surface area contributed by atoms with Crippen LogP contribution in [0, 0.1) is 6.92 Å². The molecule has 0 aliphatic carbocycles. The maximum absolute atomic E-state index is 9.88. The van der Waals surface area contributed by atoms with Gasteiger partial charge in [-0.3, -0.25) is 0 Å². The molecule has 0 aliphatic heterocycles. The summed E-state index contributed by atoms with van der Waals surface area (Å²) < 4.78 is 10.5. The van der Waals surface area contributed by atoms with Crippen LogP contribution in [0.4, 0.5) is 11.4 Å². The van der Waals surface area contributed by atoms with Crippen molar-refractivity contribution in [3.63, 3.8) is 0 Å². The van der Waals surface area contributed by atoms with Crippen molar-refractivity contribution in [2.75, 3.05) is 7.11 Å². The molecule has 0 aliphatic rings. The third kappa shape index (κ3) is 3.40. The van der Waals surface area contributed by atoms with E-state index in [1.54, 1.807) is 13.2 Å². The Balaban J connectivity index is 1.85. The van der Waals surface area contributed by atoms with Crippen molar-refractivity contribution >= 4 is 11.4 Å². The minimum absolute atomic E-state index is 0.257. The molecule has 23 heavy (non-hydrogen) atoms. The molecule has 0 bridgehead atoms. The number of ether oxygens (including phenoxy) is 1. The Morgan fingerprint density at radius 1 is 1.00 bits per heavy atom. The van der Waals surface area contributed by atoms with E-state index in [1.165, 1.54) is 0 Å². The van der Waals surface area contributed by atoms with Gasteiger partial charge in [0.25, 0.3) is 0 Å². The minimum atomic E-state index is -0.257. The molecule has 0 radical (unpaired) electrons. The number of hydrogen-bond acceptors (Lipinski definition) is 5. The van der Waals surface area contributed by atoms with Gasteiger partial charge in [-0.15, -0.1) is 5.11 Å². The van der Waals surface area contributed by atoms with Gasteiger partial charge in [-0.1, -0.05) is 12.1 Å². The fourth-order valence-electron chi connectivity index (χ4n) is 2.14. The van der Waals surface area contributed by atoms with Gasteiger partial charge in [0.2, 0.25) is 0 Å². The second-order valence-corrected chi connectivity index (χ2v) is 5.07. The fourth-order valence-corrected chi connectivity index (χ4v) is 2.14. The van der Waals surface area contributed by atoms with Crippen LogP contribution in [-0.2, 0) is 0 Å². The Labute approximate surface area is 133 Å². The number of hydrogen-bond donors (Lipinski definition) is 1. The van der Waals surface area contributed by atoms with Gasteiger partial charge in [0.15, 0.2) is 5.69 Å². The van der Waals surface area contributed by atoms with E-state index in [0.29, 0.717) is 5.76 Å². The topological polar surface area (TPSA) is 67.3 Å². The Morgan fingerprint density at radius 3 is 2.48 bits per heavy atom. The maximum Gasteiger partial charge on any atom is 0.311 e. The molecule has 0 unspecified atom stereocenters. The molecular formula is C18H16N2O3. The van der Waals surface area contributed by atoms with Gasteiger partial charge in [0.05, 0.1) is 12.8 Å². The molecular weight excluding hydrogens is 292 g/mol. The number of aryl methyl sites for hydroxylation is 1. The molecule has 0 amide bonds. The second kappa shape index (κ2) is 6.36. The summed E-state index contributed by atoms with van der Waals surface area (Å²) in [6.45, 7) is 1.98. The van der Waals surface area contributed by atoms with Gasteiger partial charge in [-0.2, -0.15) is 5.11 Å². The average molecular weight is 308 g/mol. The molecule has 0 atom stereocenters. The first kappa shape index (κ1) is 14.8.